The van der Waals surface area contributed by atoms with Crippen LogP contribution in [-0.2, 0) is 11.3 Å². The van der Waals surface area contributed by atoms with Gasteiger partial charge in [-0.05, 0) is 56.2 Å². The molecule has 27 heavy (non-hydrogen) atoms. The van der Waals surface area contributed by atoms with Crippen LogP contribution in [0.5, 0.6) is 0 Å². The number of rotatable bonds is 10. The molecule has 0 unspecified atom stereocenters. The minimum atomic E-state index is 0.360. The Labute approximate surface area is 165 Å². The largest absolute Gasteiger partial charge is 0.382 e. The van der Waals surface area contributed by atoms with Crippen LogP contribution in [-0.4, -0.2) is 46.4 Å². The molecule has 0 atom stereocenters. The van der Waals surface area contributed by atoms with E-state index in [1.165, 1.54) is 36.9 Å². The quantitative estimate of drug-likeness (QED) is 0.372. The summed E-state index contributed by atoms with van der Waals surface area (Å²) in [5.41, 5.74) is 2.80. The van der Waals surface area contributed by atoms with Crippen molar-refractivity contribution in [3.63, 3.8) is 0 Å². The van der Waals surface area contributed by atoms with Gasteiger partial charge in [-0.25, -0.2) is 4.99 Å². The highest BCUT2D eigenvalue weighted by Gasteiger charge is 2.33. The Kier molecular flexibility index (Phi) is 8.92. The summed E-state index contributed by atoms with van der Waals surface area (Å²) in [6.45, 7) is 8.40. The van der Waals surface area contributed by atoms with Gasteiger partial charge in [0.15, 0.2) is 5.96 Å². The molecule has 1 aliphatic carbocycles. The third-order valence-electron chi connectivity index (χ3n) is 5.49. The molecule has 0 amide bonds. The molecular weight excluding hydrogens is 336 g/mol. The second kappa shape index (κ2) is 11.2. The third kappa shape index (κ3) is 7.06. The van der Waals surface area contributed by atoms with Crippen LogP contribution in [0.25, 0.3) is 0 Å². The molecule has 5 heteroatoms. The lowest BCUT2D eigenvalue weighted by molar-refractivity contribution is 0.105. The Morgan fingerprint density at radius 2 is 1.81 bits per heavy atom. The molecule has 1 aromatic carbocycles. The van der Waals surface area contributed by atoms with Crippen LogP contribution in [0.2, 0.25) is 0 Å². The fraction of sp³-hybridized carbons (Fsp3) is 0.682. The van der Waals surface area contributed by atoms with Crippen LogP contribution in [0.4, 0.5) is 5.69 Å². The minimum absolute atomic E-state index is 0.360. The first-order chi connectivity index (χ1) is 13.1. The fourth-order valence-electron chi connectivity index (χ4n) is 3.76. The number of benzene rings is 1. The predicted molar refractivity (Wildman–Crippen MR) is 116 cm³/mol. The standard InChI is InChI=1S/C22H38N4O/c1-5-23-21(24-17-19-9-11-20(12-10-19)26(3)4)25-18-22(13-7-8-14-22)15-16-27-6-2/h9-12H,5-8,13-18H2,1-4H3,(H2,23,24,25). The first-order valence-corrected chi connectivity index (χ1v) is 10.4. The van der Waals surface area contributed by atoms with Gasteiger partial charge in [-0.1, -0.05) is 25.0 Å². The van der Waals surface area contributed by atoms with E-state index in [-0.39, 0.29) is 0 Å². The van der Waals surface area contributed by atoms with Gasteiger partial charge in [-0.3, -0.25) is 0 Å². The van der Waals surface area contributed by atoms with Crippen LogP contribution in [0.3, 0.4) is 0 Å². The number of guanidine groups is 1. The summed E-state index contributed by atoms with van der Waals surface area (Å²) in [6, 6.07) is 8.60. The molecule has 0 spiro atoms. The van der Waals surface area contributed by atoms with Crippen molar-refractivity contribution in [2.75, 3.05) is 45.3 Å². The van der Waals surface area contributed by atoms with Gasteiger partial charge < -0.3 is 20.3 Å². The van der Waals surface area contributed by atoms with Gasteiger partial charge in [-0.15, -0.1) is 0 Å². The first-order valence-electron chi connectivity index (χ1n) is 10.4. The van der Waals surface area contributed by atoms with E-state index in [2.05, 4.69) is 67.7 Å². The van der Waals surface area contributed by atoms with Crippen molar-refractivity contribution >= 4 is 11.6 Å². The van der Waals surface area contributed by atoms with Crippen LogP contribution >= 0.6 is 0 Å². The van der Waals surface area contributed by atoms with Crippen molar-refractivity contribution in [2.45, 2.75) is 52.5 Å². The van der Waals surface area contributed by atoms with E-state index in [9.17, 15) is 0 Å². The Morgan fingerprint density at radius 1 is 1.11 bits per heavy atom. The highest BCUT2D eigenvalue weighted by molar-refractivity contribution is 5.79. The van der Waals surface area contributed by atoms with Gasteiger partial charge in [-0.2, -0.15) is 0 Å². The lowest BCUT2D eigenvalue weighted by Crippen LogP contribution is -2.43. The monoisotopic (exact) mass is 374 g/mol. The van der Waals surface area contributed by atoms with Crippen LogP contribution < -0.4 is 15.5 Å². The van der Waals surface area contributed by atoms with Crippen molar-refractivity contribution in [1.82, 2.24) is 10.6 Å². The number of aliphatic imine (C=N–C) groups is 1. The van der Waals surface area contributed by atoms with Gasteiger partial charge in [0, 0.05) is 46.1 Å². The van der Waals surface area contributed by atoms with Gasteiger partial charge >= 0.3 is 0 Å². The molecule has 0 saturated heterocycles. The molecular formula is C22H38N4O. The van der Waals surface area contributed by atoms with Gasteiger partial charge in [0.05, 0.1) is 6.54 Å². The van der Waals surface area contributed by atoms with Crippen molar-refractivity contribution in [2.24, 2.45) is 10.4 Å². The second-order valence-electron chi connectivity index (χ2n) is 7.76. The fourth-order valence-corrected chi connectivity index (χ4v) is 3.76. The van der Waals surface area contributed by atoms with Crippen molar-refractivity contribution in [3.05, 3.63) is 29.8 Å². The summed E-state index contributed by atoms with van der Waals surface area (Å²) in [7, 11) is 4.12. The molecule has 2 rings (SSSR count). The average molecular weight is 375 g/mol. The van der Waals surface area contributed by atoms with Gasteiger partial charge in [0.25, 0.3) is 0 Å². The Bertz CT molecular complexity index is 562. The van der Waals surface area contributed by atoms with Crippen molar-refractivity contribution in [1.29, 1.82) is 0 Å². The lowest BCUT2D eigenvalue weighted by Gasteiger charge is -2.30. The molecule has 0 bridgehead atoms. The zero-order valence-corrected chi connectivity index (χ0v) is 17.7. The summed E-state index contributed by atoms with van der Waals surface area (Å²) in [6.07, 6.45) is 6.38. The summed E-state index contributed by atoms with van der Waals surface area (Å²) in [5, 5.41) is 7.00. The number of hydrogen-bond acceptors (Lipinski definition) is 3. The van der Waals surface area contributed by atoms with Gasteiger partial charge in [0.1, 0.15) is 0 Å². The molecule has 0 aliphatic heterocycles. The van der Waals surface area contributed by atoms with E-state index in [0.717, 1.165) is 38.7 Å². The zero-order chi connectivity index (χ0) is 19.5. The molecule has 0 heterocycles. The maximum Gasteiger partial charge on any atom is 0.191 e. The van der Waals surface area contributed by atoms with E-state index in [1.54, 1.807) is 0 Å². The molecule has 1 fully saturated rings. The summed E-state index contributed by atoms with van der Waals surface area (Å²) >= 11 is 0. The van der Waals surface area contributed by atoms with Gasteiger partial charge in [0.2, 0.25) is 0 Å². The maximum absolute atomic E-state index is 5.63. The maximum atomic E-state index is 5.63. The SMILES string of the molecule is CCNC(=NCc1ccc(N(C)C)cc1)NCC1(CCOCC)CCCC1. The summed E-state index contributed by atoms with van der Waals surface area (Å²) < 4.78 is 5.63. The average Bonchev–Trinajstić information content (AvgIpc) is 3.13. The third-order valence-corrected chi connectivity index (χ3v) is 5.49. The lowest BCUT2D eigenvalue weighted by atomic mass is 9.83. The Hall–Kier alpha value is -1.75. The number of hydrogen-bond donors (Lipinski definition) is 2. The zero-order valence-electron chi connectivity index (χ0n) is 17.7. The number of nitrogens with one attached hydrogen (secondary N) is 2. The molecule has 1 saturated carbocycles. The van der Waals surface area contributed by atoms with Crippen LogP contribution in [0, 0.1) is 5.41 Å². The molecule has 152 valence electrons. The second-order valence-corrected chi connectivity index (χ2v) is 7.76. The van der Waals surface area contributed by atoms with Crippen molar-refractivity contribution < 1.29 is 4.74 Å². The van der Waals surface area contributed by atoms with E-state index >= 15 is 0 Å². The number of ether oxygens (including phenoxy) is 1. The Balaban J connectivity index is 1.93. The molecule has 0 aromatic heterocycles. The molecule has 5 nitrogen and oxygen atoms in total. The highest BCUT2D eigenvalue weighted by atomic mass is 16.5. The molecule has 1 aromatic rings. The smallest absolute Gasteiger partial charge is 0.191 e. The topological polar surface area (TPSA) is 48.9 Å². The summed E-state index contributed by atoms with van der Waals surface area (Å²) in [4.78, 5) is 6.91. The van der Waals surface area contributed by atoms with E-state index in [0.29, 0.717) is 12.0 Å². The van der Waals surface area contributed by atoms with Crippen LogP contribution in [0.15, 0.2) is 29.3 Å². The predicted octanol–water partition coefficient (Wildman–Crippen LogP) is 3.79. The number of anilines is 1. The van der Waals surface area contributed by atoms with Crippen LogP contribution in [0.1, 0.15) is 51.5 Å². The molecule has 2 N–H and O–H groups in total. The van der Waals surface area contributed by atoms with E-state index in [4.69, 9.17) is 9.73 Å². The van der Waals surface area contributed by atoms with E-state index in [1.807, 2.05) is 0 Å². The first kappa shape index (κ1) is 21.5. The normalized spacial score (nSPS) is 16.4. The molecule has 1 aliphatic rings. The highest BCUT2D eigenvalue weighted by Crippen LogP contribution is 2.40. The van der Waals surface area contributed by atoms with Crippen molar-refractivity contribution in [3.8, 4) is 0 Å². The van der Waals surface area contributed by atoms with E-state index < -0.39 is 0 Å². The Morgan fingerprint density at radius 3 is 2.41 bits per heavy atom. The summed E-state index contributed by atoms with van der Waals surface area (Å²) in [5.74, 6) is 0.914. The minimum Gasteiger partial charge on any atom is -0.382 e. The number of nitrogens with zero attached hydrogens (tertiary/aromatic N) is 2. The molecule has 0 radical (unpaired) electrons.